The van der Waals surface area contributed by atoms with Crippen LogP contribution in [0.25, 0.3) is 0 Å². The highest BCUT2D eigenvalue weighted by molar-refractivity contribution is 7.49. The minimum atomic E-state index is -4.49. The van der Waals surface area contributed by atoms with Crippen molar-refractivity contribution >= 4 is 7.82 Å². The van der Waals surface area contributed by atoms with Crippen molar-refractivity contribution in [2.75, 3.05) is 0 Å². The Labute approximate surface area is 326 Å². The van der Waals surface area contributed by atoms with E-state index in [0.717, 1.165) is 66.8 Å². The van der Waals surface area contributed by atoms with Crippen LogP contribution >= 0.6 is 7.82 Å². The summed E-state index contributed by atoms with van der Waals surface area (Å²) in [5, 5.41) is 12.0. The lowest BCUT2D eigenvalue weighted by molar-refractivity contribution is 0.285. The third-order valence-electron chi connectivity index (χ3n) is 10.5. The number of phosphoric acid groups is 1. The molecule has 6 heteroatoms. The second-order valence-electron chi connectivity index (χ2n) is 19.9. The molecule has 0 saturated heterocycles. The van der Waals surface area contributed by atoms with E-state index < -0.39 is 13.2 Å². The van der Waals surface area contributed by atoms with Crippen molar-refractivity contribution in [3.05, 3.63) is 115 Å². The van der Waals surface area contributed by atoms with E-state index in [4.69, 9.17) is 13.6 Å². The predicted octanol–water partition coefficient (Wildman–Crippen LogP) is 13.9. The van der Waals surface area contributed by atoms with Crippen LogP contribution < -0.4 is 13.6 Å². The lowest BCUT2D eigenvalue weighted by Gasteiger charge is -2.34. The molecule has 0 bridgehead atoms. The molecule has 5 nitrogen and oxygen atoms in total. The molecule has 0 spiro atoms. The normalized spacial score (nSPS) is 15.3. The molecule has 0 fully saturated rings. The third kappa shape index (κ3) is 8.42. The molecule has 4 aromatic rings. The van der Waals surface area contributed by atoms with Crippen LogP contribution in [-0.4, -0.2) is 5.11 Å². The van der Waals surface area contributed by atoms with E-state index in [1.807, 2.05) is 0 Å². The topological polar surface area (TPSA) is 65.0 Å². The van der Waals surface area contributed by atoms with Crippen LogP contribution in [0.5, 0.6) is 23.0 Å². The van der Waals surface area contributed by atoms with Crippen LogP contribution in [0.3, 0.4) is 0 Å². The van der Waals surface area contributed by atoms with Gasteiger partial charge in [-0.25, -0.2) is 0 Å². The van der Waals surface area contributed by atoms with Gasteiger partial charge in [0.05, 0.1) is 0 Å². The Morgan fingerprint density at radius 1 is 0.593 bits per heavy atom. The van der Waals surface area contributed by atoms with Crippen LogP contribution in [0, 0.1) is 27.7 Å². The van der Waals surface area contributed by atoms with Gasteiger partial charge in [0.1, 0.15) is 23.0 Å². The van der Waals surface area contributed by atoms with Gasteiger partial charge in [0, 0.05) is 40.2 Å². The maximum absolute atomic E-state index is 16.0. The highest BCUT2D eigenvalue weighted by Gasteiger charge is 2.43. The zero-order valence-corrected chi connectivity index (χ0v) is 37.0. The van der Waals surface area contributed by atoms with Crippen LogP contribution in [0.15, 0.2) is 48.5 Å². The first-order chi connectivity index (χ1) is 24.6. The van der Waals surface area contributed by atoms with E-state index in [1.54, 1.807) is 0 Å². The molecule has 0 amide bonds. The largest absolute Gasteiger partial charge is 0.647 e. The molecule has 292 valence electrons. The van der Waals surface area contributed by atoms with Crippen LogP contribution in [0.4, 0.5) is 0 Å². The standard InChI is InChI=1S/C48H65O5P/c1-18-34(35-21-30(4)23-37(41(35)49)45(6,7)8)36-22-31(5)26-40(48(15,16)17)44(36)53-54(50)51-42-32(19-28(2)24-38(42)46(9,10)11)27-33-20-29(3)25-39(43(33)52-54)47(12,13)14/h19-26,34,49H,18,27H2,1-17H3. The molecule has 1 heterocycles. The quantitative estimate of drug-likeness (QED) is 0.206. The lowest BCUT2D eigenvalue weighted by atomic mass is 9.77. The summed E-state index contributed by atoms with van der Waals surface area (Å²) in [6, 6.07) is 16.9. The number of phenols is 1. The smallest absolute Gasteiger partial charge is 0.507 e. The van der Waals surface area contributed by atoms with Gasteiger partial charge in [-0.3, -0.25) is 0 Å². The van der Waals surface area contributed by atoms with Gasteiger partial charge in [0.15, 0.2) is 0 Å². The van der Waals surface area contributed by atoms with Gasteiger partial charge < -0.3 is 18.7 Å². The number of fused-ring (bicyclic) bond motifs is 2. The molecule has 54 heavy (non-hydrogen) atoms. The molecular weight excluding hydrogens is 687 g/mol. The van der Waals surface area contributed by atoms with Gasteiger partial charge in [-0.2, -0.15) is 4.57 Å². The Kier molecular flexibility index (Phi) is 10.8. The predicted molar refractivity (Wildman–Crippen MR) is 226 cm³/mol. The van der Waals surface area contributed by atoms with Crippen molar-refractivity contribution in [1.29, 1.82) is 0 Å². The van der Waals surface area contributed by atoms with E-state index >= 15 is 4.57 Å². The van der Waals surface area contributed by atoms with Gasteiger partial charge in [0.2, 0.25) is 0 Å². The van der Waals surface area contributed by atoms with Crippen molar-refractivity contribution in [2.24, 2.45) is 0 Å². The fraction of sp³-hybridized carbons (Fsp3) is 0.500. The Morgan fingerprint density at radius 3 is 1.37 bits per heavy atom. The summed E-state index contributed by atoms with van der Waals surface area (Å²) >= 11 is 0. The van der Waals surface area contributed by atoms with Crippen molar-refractivity contribution in [3.8, 4) is 23.0 Å². The van der Waals surface area contributed by atoms with Gasteiger partial charge in [-0.1, -0.05) is 161 Å². The highest BCUT2D eigenvalue weighted by atomic mass is 31.2. The average molecular weight is 753 g/mol. The van der Waals surface area contributed by atoms with Gasteiger partial charge in [-0.15, -0.1) is 0 Å². The van der Waals surface area contributed by atoms with Gasteiger partial charge >= 0.3 is 7.82 Å². The van der Waals surface area contributed by atoms with Crippen molar-refractivity contribution in [1.82, 2.24) is 0 Å². The number of phenolic OH excluding ortho intramolecular Hbond substituents is 1. The van der Waals surface area contributed by atoms with E-state index in [-0.39, 0.29) is 27.9 Å². The highest BCUT2D eigenvalue weighted by Crippen LogP contribution is 2.59. The summed E-state index contributed by atoms with van der Waals surface area (Å²) < 4.78 is 36.7. The second-order valence-corrected chi connectivity index (χ2v) is 21.4. The van der Waals surface area contributed by atoms with Gasteiger partial charge in [-0.05, 0) is 72.5 Å². The number of phosphoric ester groups is 1. The SMILES string of the molecule is CCC(c1cc(C)cc(C(C)(C)C)c1O)c1cc(C)cc(C(C)(C)C)c1OP1(=O)Oc2c(cc(C)cc2C(C)(C)C)Cc2cc(C)cc(C(C)(C)C)c2O1. The first-order valence-electron chi connectivity index (χ1n) is 19.6. The first kappa shape index (κ1) is 41.5. The monoisotopic (exact) mass is 752 g/mol. The summed E-state index contributed by atoms with van der Waals surface area (Å²) in [7, 11) is -4.49. The molecule has 1 aliphatic rings. The Balaban J connectivity index is 1.86. The maximum atomic E-state index is 16.0. The first-order valence-corrected chi connectivity index (χ1v) is 21.0. The molecule has 5 rings (SSSR count). The number of aryl methyl sites for hydroxylation is 4. The summed E-state index contributed by atoms with van der Waals surface area (Å²) in [6.07, 6.45) is 1.23. The average Bonchev–Trinajstić information content (AvgIpc) is 2.99. The number of hydrogen-bond acceptors (Lipinski definition) is 5. The third-order valence-corrected chi connectivity index (χ3v) is 11.8. The minimum absolute atomic E-state index is 0.274. The van der Waals surface area contributed by atoms with E-state index in [9.17, 15) is 5.11 Å². The molecule has 1 aliphatic heterocycles. The summed E-state index contributed by atoms with van der Waals surface area (Å²) in [4.78, 5) is 0. The Bertz CT molecular complexity index is 2050. The van der Waals surface area contributed by atoms with E-state index in [0.29, 0.717) is 30.1 Å². The minimum Gasteiger partial charge on any atom is -0.507 e. The molecule has 1 N–H and O–H groups in total. The molecule has 0 aromatic heterocycles. The zero-order chi connectivity index (χ0) is 40.5. The zero-order valence-electron chi connectivity index (χ0n) is 36.1. The van der Waals surface area contributed by atoms with Crippen molar-refractivity contribution in [2.45, 2.75) is 158 Å². The van der Waals surface area contributed by atoms with Crippen LogP contribution in [0.1, 0.15) is 169 Å². The Hall–Kier alpha value is -3.69. The molecule has 0 saturated carbocycles. The molecule has 0 radical (unpaired) electrons. The fourth-order valence-corrected chi connectivity index (χ4v) is 9.27. The molecular formula is C48H65O5P. The van der Waals surface area contributed by atoms with Crippen LogP contribution in [-0.2, 0) is 32.6 Å². The molecule has 1 unspecified atom stereocenters. The lowest BCUT2D eigenvalue weighted by Crippen LogP contribution is -2.22. The van der Waals surface area contributed by atoms with Gasteiger partial charge in [0.25, 0.3) is 0 Å². The maximum Gasteiger partial charge on any atom is 0.647 e. The molecule has 4 aromatic carbocycles. The molecule has 1 atom stereocenters. The van der Waals surface area contributed by atoms with Crippen molar-refractivity contribution < 1.29 is 23.2 Å². The number of aromatic hydroxyl groups is 1. The summed E-state index contributed by atoms with van der Waals surface area (Å²) in [5.41, 5.74) is 10.3. The van der Waals surface area contributed by atoms with Crippen LogP contribution in [0.2, 0.25) is 0 Å². The molecule has 0 aliphatic carbocycles. The van der Waals surface area contributed by atoms with E-state index in [1.165, 1.54) is 0 Å². The fourth-order valence-electron chi connectivity index (χ4n) is 7.86. The summed E-state index contributed by atoms with van der Waals surface area (Å²) in [6.45, 7) is 36.2. The number of benzene rings is 4. The Morgan fingerprint density at radius 2 is 0.963 bits per heavy atom. The number of hydrogen-bond donors (Lipinski definition) is 1. The van der Waals surface area contributed by atoms with E-state index in [2.05, 4.69) is 166 Å². The summed E-state index contributed by atoms with van der Waals surface area (Å²) in [5.74, 6) is 1.57. The van der Waals surface area contributed by atoms with Crippen molar-refractivity contribution in [3.63, 3.8) is 0 Å². The number of rotatable bonds is 5. The second kappa shape index (κ2) is 14.1.